The van der Waals surface area contributed by atoms with Gasteiger partial charge in [-0.1, -0.05) is 6.92 Å². The van der Waals surface area contributed by atoms with Crippen molar-refractivity contribution >= 4 is 16.6 Å². The number of likely N-dealkylation sites (N-methyl/N-ethyl adjacent to an activating group) is 2. The maximum atomic E-state index is 5.28. The normalized spacial score (nSPS) is 10.8. The average Bonchev–Trinajstić information content (AvgIpc) is 2.50. The SMILES string of the molecule is CCNCCN(CC)c1nccc2cc(OC)ccc12. The molecule has 0 saturated carbocycles. The topological polar surface area (TPSA) is 37.4 Å². The van der Waals surface area contributed by atoms with E-state index in [0.29, 0.717) is 0 Å². The summed E-state index contributed by atoms with van der Waals surface area (Å²) in [4.78, 5) is 6.87. The Balaban J connectivity index is 2.32. The van der Waals surface area contributed by atoms with Crippen LogP contribution in [0.2, 0.25) is 0 Å². The van der Waals surface area contributed by atoms with E-state index in [1.54, 1.807) is 7.11 Å². The van der Waals surface area contributed by atoms with Crippen LogP contribution in [0.3, 0.4) is 0 Å². The zero-order valence-corrected chi connectivity index (χ0v) is 12.5. The predicted octanol–water partition coefficient (Wildman–Crippen LogP) is 2.68. The van der Waals surface area contributed by atoms with E-state index in [0.717, 1.165) is 43.1 Å². The van der Waals surface area contributed by atoms with Gasteiger partial charge in [0.2, 0.25) is 0 Å². The number of nitrogens with one attached hydrogen (secondary N) is 1. The second-order valence-corrected chi connectivity index (χ2v) is 4.65. The number of benzene rings is 1. The highest BCUT2D eigenvalue weighted by atomic mass is 16.5. The summed E-state index contributed by atoms with van der Waals surface area (Å²) in [7, 11) is 1.69. The number of fused-ring (bicyclic) bond motifs is 1. The molecule has 4 heteroatoms. The van der Waals surface area contributed by atoms with Gasteiger partial charge >= 0.3 is 0 Å². The summed E-state index contributed by atoms with van der Waals surface area (Å²) in [5, 5.41) is 5.70. The van der Waals surface area contributed by atoms with Gasteiger partial charge < -0.3 is 15.0 Å². The summed E-state index contributed by atoms with van der Waals surface area (Å²) in [6, 6.07) is 8.16. The number of rotatable bonds is 7. The fraction of sp³-hybridized carbons (Fsp3) is 0.438. The molecule has 0 saturated heterocycles. The Morgan fingerprint density at radius 3 is 2.80 bits per heavy atom. The molecule has 0 unspecified atom stereocenters. The van der Waals surface area contributed by atoms with Gasteiger partial charge in [0.1, 0.15) is 11.6 Å². The molecule has 0 amide bonds. The summed E-state index contributed by atoms with van der Waals surface area (Å²) in [6.45, 7) is 8.16. The van der Waals surface area contributed by atoms with Crippen LogP contribution in [0.15, 0.2) is 30.5 Å². The van der Waals surface area contributed by atoms with Gasteiger partial charge in [0.05, 0.1) is 7.11 Å². The Kier molecular flexibility index (Phi) is 5.18. The second-order valence-electron chi connectivity index (χ2n) is 4.65. The molecule has 0 aliphatic rings. The first kappa shape index (κ1) is 14.6. The lowest BCUT2D eigenvalue weighted by Crippen LogP contribution is -2.32. The van der Waals surface area contributed by atoms with Crippen LogP contribution in [-0.2, 0) is 0 Å². The van der Waals surface area contributed by atoms with Gasteiger partial charge in [0.15, 0.2) is 0 Å². The van der Waals surface area contributed by atoms with E-state index in [-0.39, 0.29) is 0 Å². The van der Waals surface area contributed by atoms with Gasteiger partial charge in [-0.3, -0.25) is 0 Å². The van der Waals surface area contributed by atoms with Crippen LogP contribution in [0.1, 0.15) is 13.8 Å². The first-order valence-corrected chi connectivity index (χ1v) is 7.18. The molecule has 1 aromatic carbocycles. The standard InChI is InChI=1S/C16H23N3O/c1-4-17-10-11-19(5-2)16-15-7-6-14(20-3)12-13(15)8-9-18-16/h6-9,12,17H,4-5,10-11H2,1-3H3. The lowest BCUT2D eigenvalue weighted by molar-refractivity contribution is 0.415. The molecule has 0 radical (unpaired) electrons. The maximum Gasteiger partial charge on any atom is 0.136 e. The molecule has 1 aromatic heterocycles. The Morgan fingerprint density at radius 2 is 2.10 bits per heavy atom. The lowest BCUT2D eigenvalue weighted by Gasteiger charge is -2.23. The molecule has 0 spiro atoms. The summed E-state index contributed by atoms with van der Waals surface area (Å²) >= 11 is 0. The lowest BCUT2D eigenvalue weighted by atomic mass is 10.1. The summed E-state index contributed by atoms with van der Waals surface area (Å²) in [6.07, 6.45) is 1.87. The highest BCUT2D eigenvalue weighted by Crippen LogP contribution is 2.27. The van der Waals surface area contributed by atoms with Crippen LogP contribution in [0.4, 0.5) is 5.82 Å². The van der Waals surface area contributed by atoms with Crippen LogP contribution in [0.5, 0.6) is 5.75 Å². The van der Waals surface area contributed by atoms with Crippen molar-refractivity contribution in [2.24, 2.45) is 0 Å². The van der Waals surface area contributed by atoms with Crippen LogP contribution in [0, 0.1) is 0 Å². The molecule has 0 bridgehead atoms. The number of hydrogen-bond acceptors (Lipinski definition) is 4. The van der Waals surface area contributed by atoms with Gasteiger partial charge in [-0.25, -0.2) is 4.98 Å². The van der Waals surface area contributed by atoms with E-state index < -0.39 is 0 Å². The quantitative estimate of drug-likeness (QED) is 0.787. The van der Waals surface area contributed by atoms with Crippen molar-refractivity contribution in [3.8, 4) is 5.75 Å². The Morgan fingerprint density at radius 1 is 1.25 bits per heavy atom. The third kappa shape index (κ3) is 3.20. The molecule has 20 heavy (non-hydrogen) atoms. The summed E-state index contributed by atoms with van der Waals surface area (Å²) < 4.78 is 5.28. The van der Waals surface area contributed by atoms with Crippen molar-refractivity contribution in [2.75, 3.05) is 38.2 Å². The van der Waals surface area contributed by atoms with E-state index in [1.165, 1.54) is 5.39 Å². The van der Waals surface area contributed by atoms with Crippen molar-refractivity contribution in [3.63, 3.8) is 0 Å². The third-order valence-corrected chi connectivity index (χ3v) is 3.44. The summed E-state index contributed by atoms with van der Waals surface area (Å²) in [5.74, 6) is 1.93. The molecule has 108 valence electrons. The van der Waals surface area contributed by atoms with Crippen molar-refractivity contribution in [3.05, 3.63) is 30.5 Å². The first-order chi connectivity index (χ1) is 9.80. The molecule has 1 heterocycles. The van der Waals surface area contributed by atoms with Gasteiger partial charge in [-0.05, 0) is 43.1 Å². The molecule has 2 rings (SSSR count). The molecular weight excluding hydrogens is 250 g/mol. The van der Waals surface area contributed by atoms with E-state index in [9.17, 15) is 0 Å². The van der Waals surface area contributed by atoms with Gasteiger partial charge in [0, 0.05) is 31.2 Å². The number of aromatic nitrogens is 1. The monoisotopic (exact) mass is 273 g/mol. The van der Waals surface area contributed by atoms with Crippen molar-refractivity contribution in [1.82, 2.24) is 10.3 Å². The fourth-order valence-corrected chi connectivity index (χ4v) is 2.32. The summed E-state index contributed by atoms with van der Waals surface area (Å²) in [5.41, 5.74) is 0. The molecule has 0 fully saturated rings. The zero-order chi connectivity index (χ0) is 14.4. The Bertz CT molecular complexity index is 556. The number of nitrogens with zero attached hydrogens (tertiary/aromatic N) is 2. The number of pyridine rings is 1. The molecular formula is C16H23N3O. The van der Waals surface area contributed by atoms with E-state index >= 15 is 0 Å². The minimum absolute atomic E-state index is 0.880. The van der Waals surface area contributed by atoms with Crippen LogP contribution < -0.4 is 15.0 Å². The van der Waals surface area contributed by atoms with Crippen molar-refractivity contribution in [1.29, 1.82) is 0 Å². The van der Waals surface area contributed by atoms with E-state index in [4.69, 9.17) is 4.74 Å². The highest BCUT2D eigenvalue weighted by molar-refractivity contribution is 5.93. The molecule has 0 atom stereocenters. The minimum Gasteiger partial charge on any atom is -0.497 e. The van der Waals surface area contributed by atoms with Crippen LogP contribution in [0.25, 0.3) is 10.8 Å². The first-order valence-electron chi connectivity index (χ1n) is 7.18. The van der Waals surface area contributed by atoms with Gasteiger partial charge in [-0.15, -0.1) is 0 Å². The third-order valence-electron chi connectivity index (χ3n) is 3.44. The molecule has 2 aromatic rings. The fourth-order valence-electron chi connectivity index (χ4n) is 2.32. The molecule has 0 aliphatic carbocycles. The maximum absolute atomic E-state index is 5.28. The Hall–Kier alpha value is -1.81. The number of anilines is 1. The largest absolute Gasteiger partial charge is 0.497 e. The average molecular weight is 273 g/mol. The zero-order valence-electron chi connectivity index (χ0n) is 12.5. The van der Waals surface area contributed by atoms with Gasteiger partial charge in [-0.2, -0.15) is 0 Å². The number of methoxy groups -OCH3 is 1. The minimum atomic E-state index is 0.880. The van der Waals surface area contributed by atoms with Crippen molar-refractivity contribution in [2.45, 2.75) is 13.8 Å². The second kappa shape index (κ2) is 7.10. The number of ether oxygens (including phenoxy) is 1. The molecule has 0 aliphatic heterocycles. The number of hydrogen-bond donors (Lipinski definition) is 1. The van der Waals surface area contributed by atoms with E-state index in [2.05, 4.69) is 41.2 Å². The van der Waals surface area contributed by atoms with Crippen LogP contribution in [-0.4, -0.2) is 38.3 Å². The van der Waals surface area contributed by atoms with Gasteiger partial charge in [0.25, 0.3) is 0 Å². The van der Waals surface area contributed by atoms with Crippen LogP contribution >= 0.6 is 0 Å². The smallest absolute Gasteiger partial charge is 0.136 e. The molecule has 4 nitrogen and oxygen atoms in total. The van der Waals surface area contributed by atoms with E-state index in [1.807, 2.05) is 18.3 Å². The highest BCUT2D eigenvalue weighted by Gasteiger charge is 2.10. The Labute approximate surface area is 120 Å². The predicted molar refractivity (Wildman–Crippen MR) is 84.7 cm³/mol. The molecule has 1 N–H and O–H groups in total. The van der Waals surface area contributed by atoms with Crippen molar-refractivity contribution < 1.29 is 4.74 Å².